The molecule has 7 heteroatoms. The Balaban J connectivity index is 1.81. The van der Waals surface area contributed by atoms with Crippen molar-refractivity contribution in [2.24, 2.45) is 0 Å². The molecule has 1 heterocycles. The second-order valence-electron chi connectivity index (χ2n) is 5.92. The number of halogens is 1. The molecule has 2 rings (SSSR count). The van der Waals surface area contributed by atoms with Gasteiger partial charge in [-0.25, -0.2) is 4.79 Å². The van der Waals surface area contributed by atoms with Crippen LogP contribution in [0.2, 0.25) is 5.02 Å². The van der Waals surface area contributed by atoms with Crippen molar-refractivity contribution in [2.75, 3.05) is 33.3 Å². The number of carbonyl (C=O) groups is 2. The van der Waals surface area contributed by atoms with Gasteiger partial charge in [0, 0.05) is 10.6 Å². The van der Waals surface area contributed by atoms with Gasteiger partial charge in [0.25, 0.3) is 5.91 Å². The van der Waals surface area contributed by atoms with Crippen LogP contribution >= 0.6 is 11.6 Å². The zero-order valence-corrected chi connectivity index (χ0v) is 14.3. The van der Waals surface area contributed by atoms with Gasteiger partial charge in [-0.1, -0.05) is 23.7 Å². The summed E-state index contributed by atoms with van der Waals surface area (Å²) in [6.45, 7) is 6.54. The van der Waals surface area contributed by atoms with E-state index in [1.807, 2.05) is 25.1 Å². The van der Waals surface area contributed by atoms with Crippen LogP contribution in [0.4, 0.5) is 4.79 Å². The molecule has 1 aromatic rings. The molecule has 23 heavy (non-hydrogen) atoms. The standard InChI is InChI=1S/C16H22ClN3O3/c1-12(15(21)18-16(22)23-2)20-8-6-19(7-9-20)11-13-4-3-5-14(17)10-13/h3-5,10,12H,6-9,11H2,1-2H3,(H,18,21,22)/p+2/t12-/m0/s1. The third-order valence-electron chi connectivity index (χ3n) is 4.36. The van der Waals surface area contributed by atoms with Crippen molar-refractivity contribution in [1.29, 1.82) is 0 Å². The van der Waals surface area contributed by atoms with Gasteiger partial charge in [0.1, 0.15) is 32.7 Å². The molecule has 1 atom stereocenters. The Morgan fingerprint density at radius 2 is 2.00 bits per heavy atom. The summed E-state index contributed by atoms with van der Waals surface area (Å²) in [6, 6.07) is 7.67. The number of imide groups is 1. The molecule has 2 amide bonds. The maximum Gasteiger partial charge on any atom is 0.413 e. The van der Waals surface area contributed by atoms with Crippen LogP contribution in [0.15, 0.2) is 24.3 Å². The molecule has 0 spiro atoms. The van der Waals surface area contributed by atoms with E-state index in [4.69, 9.17) is 11.6 Å². The molecule has 0 unspecified atom stereocenters. The SMILES string of the molecule is COC(=O)NC(=O)[C@H](C)[NH+]1CC[NH+](Cc2cccc(Cl)c2)CC1. The quantitative estimate of drug-likeness (QED) is 0.651. The van der Waals surface area contributed by atoms with E-state index in [1.54, 1.807) is 0 Å². The Morgan fingerprint density at radius 3 is 2.61 bits per heavy atom. The topological polar surface area (TPSA) is 64.3 Å². The van der Waals surface area contributed by atoms with Gasteiger partial charge in [0.05, 0.1) is 7.11 Å². The highest BCUT2D eigenvalue weighted by atomic mass is 35.5. The van der Waals surface area contributed by atoms with Crippen LogP contribution in [-0.4, -0.2) is 51.3 Å². The lowest BCUT2D eigenvalue weighted by Gasteiger charge is -2.32. The number of amides is 2. The number of alkyl carbamates (subject to hydrolysis) is 1. The van der Waals surface area contributed by atoms with Crippen LogP contribution in [0.3, 0.4) is 0 Å². The molecular weight excluding hydrogens is 318 g/mol. The summed E-state index contributed by atoms with van der Waals surface area (Å²) in [6.07, 6.45) is -0.702. The fourth-order valence-corrected chi connectivity index (χ4v) is 3.13. The normalized spacial score (nSPS) is 22.2. The van der Waals surface area contributed by atoms with Crippen molar-refractivity contribution < 1.29 is 24.1 Å². The van der Waals surface area contributed by atoms with Crippen LogP contribution in [0.1, 0.15) is 12.5 Å². The first-order valence-corrected chi connectivity index (χ1v) is 8.18. The van der Waals surface area contributed by atoms with Crippen molar-refractivity contribution in [2.45, 2.75) is 19.5 Å². The first-order chi connectivity index (χ1) is 11.0. The molecule has 1 aliphatic rings. The molecule has 1 aliphatic heterocycles. The maximum absolute atomic E-state index is 12.0. The van der Waals surface area contributed by atoms with Crippen LogP contribution < -0.4 is 15.1 Å². The number of benzene rings is 1. The van der Waals surface area contributed by atoms with Gasteiger partial charge in [0.15, 0.2) is 6.04 Å². The van der Waals surface area contributed by atoms with Gasteiger partial charge in [-0.2, -0.15) is 0 Å². The highest BCUT2D eigenvalue weighted by molar-refractivity contribution is 6.30. The number of piperazine rings is 1. The van der Waals surface area contributed by atoms with Crippen molar-refractivity contribution in [1.82, 2.24) is 5.32 Å². The first kappa shape index (κ1) is 17.7. The van der Waals surface area contributed by atoms with Gasteiger partial charge in [-0.05, 0) is 19.1 Å². The van der Waals surface area contributed by atoms with E-state index in [1.165, 1.54) is 22.5 Å². The van der Waals surface area contributed by atoms with Crippen LogP contribution in [-0.2, 0) is 16.1 Å². The molecular formula is C16H24ClN3O3+2. The first-order valence-electron chi connectivity index (χ1n) is 7.81. The molecule has 0 bridgehead atoms. The van der Waals surface area contributed by atoms with Gasteiger partial charge in [0.2, 0.25) is 0 Å². The van der Waals surface area contributed by atoms with Crippen LogP contribution in [0, 0.1) is 0 Å². The summed E-state index contributed by atoms with van der Waals surface area (Å²) >= 11 is 6.02. The number of methoxy groups -OCH3 is 1. The number of rotatable bonds is 4. The van der Waals surface area contributed by atoms with E-state index in [9.17, 15) is 9.59 Å². The van der Waals surface area contributed by atoms with Gasteiger partial charge < -0.3 is 14.5 Å². The third-order valence-corrected chi connectivity index (χ3v) is 4.59. The number of nitrogens with one attached hydrogen (secondary N) is 3. The lowest BCUT2D eigenvalue weighted by molar-refractivity contribution is -1.02. The number of hydrogen-bond acceptors (Lipinski definition) is 3. The third kappa shape index (κ3) is 5.20. The minimum absolute atomic E-state index is 0.262. The molecule has 1 saturated heterocycles. The van der Waals surface area contributed by atoms with Crippen molar-refractivity contribution in [3.8, 4) is 0 Å². The largest absolute Gasteiger partial charge is 0.453 e. The second kappa shape index (κ2) is 8.29. The zero-order valence-electron chi connectivity index (χ0n) is 13.5. The van der Waals surface area contributed by atoms with E-state index in [0.717, 1.165) is 37.7 Å². The lowest BCUT2D eigenvalue weighted by atomic mass is 10.1. The smallest absolute Gasteiger partial charge is 0.413 e. The Bertz CT molecular complexity index is 559. The van der Waals surface area contributed by atoms with Gasteiger partial charge in [-0.3, -0.25) is 10.1 Å². The molecule has 6 nitrogen and oxygen atoms in total. The molecule has 0 aromatic heterocycles. The molecule has 1 aromatic carbocycles. The fourth-order valence-electron chi connectivity index (χ4n) is 2.92. The summed E-state index contributed by atoms with van der Waals surface area (Å²) < 4.78 is 4.46. The zero-order chi connectivity index (χ0) is 16.8. The Labute approximate surface area is 141 Å². The van der Waals surface area contributed by atoms with Crippen LogP contribution in [0.5, 0.6) is 0 Å². The fraction of sp³-hybridized carbons (Fsp3) is 0.500. The maximum atomic E-state index is 12.0. The highest BCUT2D eigenvalue weighted by Gasteiger charge is 2.31. The van der Waals surface area contributed by atoms with E-state index >= 15 is 0 Å². The molecule has 0 aliphatic carbocycles. The van der Waals surface area contributed by atoms with Crippen LogP contribution in [0.25, 0.3) is 0 Å². The van der Waals surface area contributed by atoms with Crippen molar-refractivity contribution in [3.05, 3.63) is 34.9 Å². The predicted molar refractivity (Wildman–Crippen MR) is 86.6 cm³/mol. The van der Waals surface area contributed by atoms with E-state index in [0.29, 0.717) is 0 Å². The average Bonchev–Trinajstić information content (AvgIpc) is 2.54. The lowest BCUT2D eigenvalue weighted by Crippen LogP contribution is -3.29. The molecule has 0 saturated carbocycles. The Kier molecular flexibility index (Phi) is 6.38. The summed E-state index contributed by atoms with van der Waals surface area (Å²) in [5, 5.41) is 3.00. The summed E-state index contributed by atoms with van der Waals surface area (Å²) in [7, 11) is 1.25. The Morgan fingerprint density at radius 1 is 1.30 bits per heavy atom. The van der Waals surface area contributed by atoms with E-state index < -0.39 is 6.09 Å². The highest BCUT2D eigenvalue weighted by Crippen LogP contribution is 2.09. The van der Waals surface area contributed by atoms with Crippen molar-refractivity contribution in [3.63, 3.8) is 0 Å². The molecule has 1 fully saturated rings. The minimum Gasteiger partial charge on any atom is -0.453 e. The van der Waals surface area contributed by atoms with Crippen molar-refractivity contribution >= 4 is 23.6 Å². The van der Waals surface area contributed by atoms with E-state index in [-0.39, 0.29) is 11.9 Å². The summed E-state index contributed by atoms with van der Waals surface area (Å²) in [5.74, 6) is -0.287. The molecule has 3 N–H and O–H groups in total. The monoisotopic (exact) mass is 341 g/mol. The summed E-state index contributed by atoms with van der Waals surface area (Å²) in [5.41, 5.74) is 1.23. The minimum atomic E-state index is -0.702. The number of ether oxygens (including phenoxy) is 1. The predicted octanol–water partition coefficient (Wildman–Crippen LogP) is -1.11. The summed E-state index contributed by atoms with van der Waals surface area (Å²) in [4.78, 5) is 25.8. The number of carbonyl (C=O) groups excluding carboxylic acids is 2. The number of hydrogen-bond donors (Lipinski definition) is 3. The molecule has 0 radical (unpaired) electrons. The molecule has 126 valence electrons. The second-order valence-corrected chi connectivity index (χ2v) is 6.35. The van der Waals surface area contributed by atoms with E-state index in [2.05, 4.69) is 16.1 Å². The van der Waals surface area contributed by atoms with Gasteiger partial charge in [-0.15, -0.1) is 0 Å². The van der Waals surface area contributed by atoms with Gasteiger partial charge >= 0.3 is 6.09 Å². The number of quaternary nitrogens is 2. The average molecular weight is 342 g/mol. The Hall–Kier alpha value is -1.63.